The van der Waals surface area contributed by atoms with Crippen LogP contribution in [0.5, 0.6) is 0 Å². The van der Waals surface area contributed by atoms with E-state index in [0.717, 1.165) is 19.5 Å². The van der Waals surface area contributed by atoms with Crippen LogP contribution in [0.4, 0.5) is 4.79 Å². The SMILES string of the molecule is CC(C)(C)OC(=O)N(CCC1(CN)CC1)C(C)(C)C. The number of hydrogen-bond donors (Lipinski definition) is 1. The lowest BCUT2D eigenvalue weighted by Gasteiger charge is -2.37. The summed E-state index contributed by atoms with van der Waals surface area (Å²) in [4.78, 5) is 14.1. The van der Waals surface area contributed by atoms with Crippen LogP contribution in [-0.2, 0) is 4.74 Å². The van der Waals surface area contributed by atoms with Gasteiger partial charge >= 0.3 is 6.09 Å². The van der Waals surface area contributed by atoms with E-state index in [2.05, 4.69) is 0 Å². The maximum atomic E-state index is 12.3. The van der Waals surface area contributed by atoms with Gasteiger partial charge < -0.3 is 15.4 Å². The van der Waals surface area contributed by atoms with Crippen molar-refractivity contribution < 1.29 is 9.53 Å². The molecular weight excluding hydrogens is 240 g/mol. The van der Waals surface area contributed by atoms with E-state index in [9.17, 15) is 4.79 Å². The van der Waals surface area contributed by atoms with Crippen LogP contribution < -0.4 is 5.73 Å². The smallest absolute Gasteiger partial charge is 0.410 e. The third kappa shape index (κ3) is 5.01. The Labute approximate surface area is 117 Å². The molecule has 0 aromatic carbocycles. The Hall–Kier alpha value is -0.770. The summed E-state index contributed by atoms with van der Waals surface area (Å²) in [5.41, 5.74) is 5.41. The average Bonchev–Trinajstić information content (AvgIpc) is 2.93. The van der Waals surface area contributed by atoms with E-state index in [1.54, 1.807) is 0 Å². The van der Waals surface area contributed by atoms with Gasteiger partial charge in [-0.2, -0.15) is 0 Å². The minimum atomic E-state index is -0.453. The second-order valence-electron chi connectivity index (χ2n) is 7.76. The first-order valence-corrected chi connectivity index (χ1v) is 7.20. The number of nitrogens with zero attached hydrogens (tertiary/aromatic N) is 1. The quantitative estimate of drug-likeness (QED) is 0.853. The summed E-state index contributed by atoms with van der Waals surface area (Å²) in [6, 6.07) is 0. The maximum Gasteiger partial charge on any atom is 0.410 e. The van der Waals surface area contributed by atoms with Gasteiger partial charge in [-0.25, -0.2) is 4.79 Å². The fourth-order valence-electron chi connectivity index (χ4n) is 2.10. The van der Waals surface area contributed by atoms with Crippen molar-refractivity contribution in [2.75, 3.05) is 13.1 Å². The summed E-state index contributed by atoms with van der Waals surface area (Å²) in [6.45, 7) is 13.3. The van der Waals surface area contributed by atoms with Gasteiger partial charge in [-0.3, -0.25) is 0 Å². The number of rotatable bonds is 4. The topological polar surface area (TPSA) is 55.6 Å². The van der Waals surface area contributed by atoms with Crippen molar-refractivity contribution in [2.24, 2.45) is 11.1 Å². The number of ether oxygens (including phenoxy) is 1. The first-order valence-electron chi connectivity index (χ1n) is 7.20. The zero-order chi connectivity index (χ0) is 14.9. The third-order valence-corrected chi connectivity index (χ3v) is 3.68. The zero-order valence-electron chi connectivity index (χ0n) is 13.4. The van der Waals surface area contributed by atoms with Crippen molar-refractivity contribution in [1.82, 2.24) is 4.90 Å². The number of carbonyl (C=O) groups excluding carboxylic acids is 1. The fraction of sp³-hybridized carbons (Fsp3) is 0.933. The molecule has 0 unspecified atom stereocenters. The van der Waals surface area contributed by atoms with E-state index in [1.165, 1.54) is 12.8 Å². The summed E-state index contributed by atoms with van der Waals surface area (Å²) < 4.78 is 5.50. The van der Waals surface area contributed by atoms with Crippen molar-refractivity contribution in [1.29, 1.82) is 0 Å². The highest BCUT2D eigenvalue weighted by Crippen LogP contribution is 2.48. The molecule has 0 radical (unpaired) electrons. The van der Waals surface area contributed by atoms with E-state index >= 15 is 0 Å². The normalized spacial score (nSPS) is 18.1. The van der Waals surface area contributed by atoms with Crippen LogP contribution in [-0.4, -0.2) is 35.2 Å². The molecule has 0 saturated heterocycles. The number of carbonyl (C=O) groups is 1. The number of nitrogens with two attached hydrogens (primary N) is 1. The van der Waals surface area contributed by atoms with Crippen molar-refractivity contribution in [2.45, 2.75) is 71.9 Å². The molecule has 1 aliphatic carbocycles. The molecule has 0 aromatic rings. The van der Waals surface area contributed by atoms with Gasteiger partial charge in [0.05, 0.1) is 0 Å². The molecule has 1 amide bonds. The van der Waals surface area contributed by atoms with E-state index in [0.29, 0.717) is 0 Å². The minimum absolute atomic E-state index is 0.229. The molecule has 0 bridgehead atoms. The Morgan fingerprint density at radius 2 is 1.74 bits per heavy atom. The van der Waals surface area contributed by atoms with Crippen LogP contribution in [0.15, 0.2) is 0 Å². The molecule has 1 fully saturated rings. The first-order chi connectivity index (χ1) is 8.49. The van der Waals surface area contributed by atoms with E-state index < -0.39 is 5.60 Å². The molecule has 4 heteroatoms. The highest BCUT2D eigenvalue weighted by Gasteiger charge is 2.42. The second-order valence-corrected chi connectivity index (χ2v) is 7.76. The van der Waals surface area contributed by atoms with Crippen molar-refractivity contribution in [3.8, 4) is 0 Å². The van der Waals surface area contributed by atoms with Gasteiger partial charge in [0.25, 0.3) is 0 Å². The molecule has 4 nitrogen and oxygen atoms in total. The molecule has 2 N–H and O–H groups in total. The van der Waals surface area contributed by atoms with Crippen LogP contribution in [0, 0.1) is 5.41 Å². The van der Waals surface area contributed by atoms with Crippen LogP contribution in [0.1, 0.15) is 60.8 Å². The van der Waals surface area contributed by atoms with E-state index in [-0.39, 0.29) is 17.0 Å². The van der Waals surface area contributed by atoms with Crippen LogP contribution in [0.25, 0.3) is 0 Å². The van der Waals surface area contributed by atoms with Gasteiger partial charge in [-0.15, -0.1) is 0 Å². The Kier molecular flexibility index (Phi) is 4.55. The Bertz CT molecular complexity index is 322. The molecular formula is C15H30N2O2. The van der Waals surface area contributed by atoms with Crippen LogP contribution >= 0.6 is 0 Å². The van der Waals surface area contributed by atoms with Gasteiger partial charge in [0.1, 0.15) is 5.60 Å². The third-order valence-electron chi connectivity index (χ3n) is 3.68. The van der Waals surface area contributed by atoms with Gasteiger partial charge in [-0.05, 0) is 72.8 Å². The predicted molar refractivity (Wildman–Crippen MR) is 78.0 cm³/mol. The van der Waals surface area contributed by atoms with Crippen molar-refractivity contribution in [3.05, 3.63) is 0 Å². The lowest BCUT2D eigenvalue weighted by Crippen LogP contribution is -2.48. The lowest BCUT2D eigenvalue weighted by molar-refractivity contribution is 0.00463. The fourth-order valence-corrected chi connectivity index (χ4v) is 2.10. The van der Waals surface area contributed by atoms with Gasteiger partial charge in [0.15, 0.2) is 0 Å². The lowest BCUT2D eigenvalue weighted by atomic mass is 10.00. The average molecular weight is 270 g/mol. The summed E-state index contributed by atoms with van der Waals surface area (Å²) in [5.74, 6) is 0. The van der Waals surface area contributed by atoms with E-state index in [1.807, 2.05) is 46.4 Å². The highest BCUT2D eigenvalue weighted by molar-refractivity contribution is 5.69. The van der Waals surface area contributed by atoms with Crippen molar-refractivity contribution in [3.63, 3.8) is 0 Å². The molecule has 1 saturated carbocycles. The van der Waals surface area contributed by atoms with E-state index in [4.69, 9.17) is 10.5 Å². The molecule has 112 valence electrons. The standard InChI is InChI=1S/C15H30N2O2/c1-13(2,3)17(12(18)19-14(4,5)6)10-9-15(11-16)7-8-15/h7-11,16H2,1-6H3. The van der Waals surface area contributed by atoms with Gasteiger partial charge in [0, 0.05) is 12.1 Å². The molecule has 0 aromatic heterocycles. The van der Waals surface area contributed by atoms with Gasteiger partial charge in [0.2, 0.25) is 0 Å². The van der Waals surface area contributed by atoms with Crippen LogP contribution in [0.2, 0.25) is 0 Å². The number of hydrogen-bond acceptors (Lipinski definition) is 3. The second kappa shape index (κ2) is 5.31. The molecule has 0 aliphatic heterocycles. The molecule has 19 heavy (non-hydrogen) atoms. The molecule has 1 rings (SSSR count). The summed E-state index contributed by atoms with van der Waals surface area (Å²) >= 11 is 0. The molecule has 0 atom stereocenters. The Balaban J connectivity index is 2.65. The zero-order valence-corrected chi connectivity index (χ0v) is 13.4. The predicted octanol–water partition coefficient (Wildman–Crippen LogP) is 3.15. The first kappa shape index (κ1) is 16.3. The number of amides is 1. The Morgan fingerprint density at radius 1 is 1.21 bits per heavy atom. The van der Waals surface area contributed by atoms with Gasteiger partial charge in [-0.1, -0.05) is 0 Å². The maximum absolute atomic E-state index is 12.3. The molecule has 1 aliphatic rings. The largest absolute Gasteiger partial charge is 0.444 e. The summed E-state index contributed by atoms with van der Waals surface area (Å²) in [6.07, 6.45) is 3.12. The van der Waals surface area contributed by atoms with Crippen LogP contribution in [0.3, 0.4) is 0 Å². The molecule has 0 heterocycles. The highest BCUT2D eigenvalue weighted by atomic mass is 16.6. The monoisotopic (exact) mass is 270 g/mol. The minimum Gasteiger partial charge on any atom is -0.444 e. The summed E-state index contributed by atoms with van der Waals surface area (Å²) in [7, 11) is 0. The molecule has 0 spiro atoms. The Morgan fingerprint density at radius 3 is 2.05 bits per heavy atom. The van der Waals surface area contributed by atoms with Crippen molar-refractivity contribution >= 4 is 6.09 Å². The summed E-state index contributed by atoms with van der Waals surface area (Å²) in [5, 5.41) is 0.